The lowest BCUT2D eigenvalue weighted by Gasteiger charge is -2.37. The number of hydrogen-bond acceptors (Lipinski definition) is 5. The molecular formula is C28H38N6O2. The van der Waals surface area contributed by atoms with E-state index in [1.54, 1.807) is 0 Å². The predicted molar refractivity (Wildman–Crippen MR) is 144 cm³/mol. The first-order chi connectivity index (χ1) is 17.7. The molecule has 5 rings (SSSR count). The van der Waals surface area contributed by atoms with Crippen molar-refractivity contribution in [1.29, 1.82) is 0 Å². The average molecular weight is 491 g/mol. The maximum atomic E-state index is 13.0. The van der Waals surface area contributed by atoms with E-state index in [-0.39, 0.29) is 11.9 Å². The van der Waals surface area contributed by atoms with Crippen molar-refractivity contribution in [3.63, 3.8) is 0 Å². The number of benzene rings is 2. The molecule has 2 aromatic rings. The van der Waals surface area contributed by atoms with Crippen molar-refractivity contribution < 1.29 is 9.59 Å². The Labute approximate surface area is 214 Å². The molecule has 3 amide bonds. The van der Waals surface area contributed by atoms with Crippen molar-refractivity contribution in [2.45, 2.75) is 12.8 Å². The fourth-order valence-electron chi connectivity index (χ4n) is 5.48. The molecule has 0 aromatic heterocycles. The molecule has 2 saturated heterocycles. The zero-order valence-corrected chi connectivity index (χ0v) is 21.1. The van der Waals surface area contributed by atoms with Gasteiger partial charge >= 0.3 is 6.03 Å². The summed E-state index contributed by atoms with van der Waals surface area (Å²) in [6.07, 6.45) is 2.05. The summed E-state index contributed by atoms with van der Waals surface area (Å²) in [6.45, 7) is 9.58. The molecule has 2 aromatic carbocycles. The summed E-state index contributed by atoms with van der Waals surface area (Å²) in [5, 5.41) is 3.10. The Morgan fingerprint density at radius 3 is 2.22 bits per heavy atom. The lowest BCUT2D eigenvalue weighted by atomic mass is 10.0. The van der Waals surface area contributed by atoms with E-state index in [1.165, 1.54) is 11.3 Å². The summed E-state index contributed by atoms with van der Waals surface area (Å²) < 4.78 is 0. The van der Waals surface area contributed by atoms with Gasteiger partial charge in [-0.3, -0.25) is 14.6 Å². The molecule has 1 N–H and O–H groups in total. The topological polar surface area (TPSA) is 62.4 Å². The molecule has 192 valence electrons. The van der Waals surface area contributed by atoms with Gasteiger partial charge in [0.1, 0.15) is 0 Å². The third-order valence-electron chi connectivity index (χ3n) is 7.63. The molecule has 0 aliphatic carbocycles. The molecule has 3 aliphatic rings. The SMILES string of the molecule is O=C(NCCN1CCN(c2ccccc2)CC1)N1CCN(CC(=O)N2CCCc3ccccc32)CC1. The van der Waals surface area contributed by atoms with Crippen LogP contribution in [0.5, 0.6) is 0 Å². The molecule has 0 spiro atoms. The van der Waals surface area contributed by atoms with Gasteiger partial charge in [-0.2, -0.15) is 0 Å². The number of urea groups is 1. The van der Waals surface area contributed by atoms with Gasteiger partial charge in [-0.15, -0.1) is 0 Å². The van der Waals surface area contributed by atoms with E-state index in [2.05, 4.69) is 62.5 Å². The number of nitrogens with zero attached hydrogens (tertiary/aromatic N) is 5. The Morgan fingerprint density at radius 2 is 1.44 bits per heavy atom. The van der Waals surface area contributed by atoms with Crippen LogP contribution in [-0.2, 0) is 11.2 Å². The number of rotatable bonds is 6. The number of hydrogen-bond donors (Lipinski definition) is 1. The lowest BCUT2D eigenvalue weighted by molar-refractivity contribution is -0.120. The van der Waals surface area contributed by atoms with Crippen molar-refractivity contribution in [3.05, 3.63) is 60.2 Å². The van der Waals surface area contributed by atoms with Crippen molar-refractivity contribution in [3.8, 4) is 0 Å². The van der Waals surface area contributed by atoms with E-state index < -0.39 is 0 Å². The van der Waals surface area contributed by atoms with E-state index in [9.17, 15) is 9.59 Å². The van der Waals surface area contributed by atoms with Crippen LogP contribution in [0.1, 0.15) is 12.0 Å². The van der Waals surface area contributed by atoms with Crippen molar-refractivity contribution in [1.82, 2.24) is 20.0 Å². The molecule has 0 atom stereocenters. The van der Waals surface area contributed by atoms with Gasteiger partial charge in [0.2, 0.25) is 5.91 Å². The number of nitrogens with one attached hydrogen (secondary N) is 1. The molecular weight excluding hydrogens is 452 g/mol. The summed E-state index contributed by atoms with van der Waals surface area (Å²) in [7, 11) is 0. The number of aryl methyl sites for hydroxylation is 1. The first-order valence-electron chi connectivity index (χ1n) is 13.3. The largest absolute Gasteiger partial charge is 0.369 e. The van der Waals surface area contributed by atoms with Crippen LogP contribution in [0.3, 0.4) is 0 Å². The van der Waals surface area contributed by atoms with Gasteiger partial charge in [0.05, 0.1) is 6.54 Å². The third-order valence-corrected chi connectivity index (χ3v) is 7.63. The van der Waals surface area contributed by atoms with Gasteiger partial charge in [0, 0.05) is 83.4 Å². The van der Waals surface area contributed by atoms with Crippen LogP contribution in [0.25, 0.3) is 0 Å². The molecule has 0 radical (unpaired) electrons. The van der Waals surface area contributed by atoms with Crippen LogP contribution >= 0.6 is 0 Å². The number of anilines is 2. The van der Waals surface area contributed by atoms with Gasteiger partial charge in [-0.25, -0.2) is 4.79 Å². The Kier molecular flexibility index (Phi) is 8.03. The second kappa shape index (κ2) is 11.8. The molecule has 0 unspecified atom stereocenters. The second-order valence-electron chi connectivity index (χ2n) is 9.94. The highest BCUT2D eigenvalue weighted by Crippen LogP contribution is 2.26. The molecule has 3 aliphatic heterocycles. The van der Waals surface area contributed by atoms with Gasteiger partial charge in [-0.05, 0) is 36.6 Å². The number of carbonyl (C=O) groups excluding carboxylic acids is 2. The van der Waals surface area contributed by atoms with Crippen LogP contribution in [-0.4, -0.2) is 105 Å². The standard InChI is InChI=1S/C28H38N6O2/c35-27(34-13-6-8-24-7-4-5-11-26(24)34)23-31-17-21-33(22-18-31)28(36)29-12-14-30-15-19-32(20-16-30)25-9-2-1-3-10-25/h1-5,7,9-11H,6,8,12-23H2,(H,29,36). The monoisotopic (exact) mass is 490 g/mol. The maximum absolute atomic E-state index is 13.0. The molecule has 8 nitrogen and oxygen atoms in total. The highest BCUT2D eigenvalue weighted by Gasteiger charge is 2.27. The normalized spacial score (nSPS) is 19.2. The van der Waals surface area contributed by atoms with Gasteiger partial charge in [0.25, 0.3) is 0 Å². The summed E-state index contributed by atoms with van der Waals surface area (Å²) >= 11 is 0. The number of amides is 3. The summed E-state index contributed by atoms with van der Waals surface area (Å²) in [6, 6.07) is 18.8. The number of para-hydroxylation sites is 2. The molecule has 2 fully saturated rings. The Hall–Kier alpha value is -3.10. The van der Waals surface area contributed by atoms with Crippen LogP contribution in [0, 0.1) is 0 Å². The minimum Gasteiger partial charge on any atom is -0.369 e. The van der Waals surface area contributed by atoms with Crippen LogP contribution in [0.2, 0.25) is 0 Å². The Balaban J connectivity index is 0.990. The smallest absolute Gasteiger partial charge is 0.317 e. The molecule has 0 saturated carbocycles. The molecule has 36 heavy (non-hydrogen) atoms. The highest BCUT2D eigenvalue weighted by atomic mass is 16.2. The lowest BCUT2D eigenvalue weighted by Crippen LogP contribution is -2.55. The van der Waals surface area contributed by atoms with E-state index in [0.717, 1.165) is 70.9 Å². The number of piperazine rings is 2. The van der Waals surface area contributed by atoms with Crippen LogP contribution in [0.15, 0.2) is 54.6 Å². The van der Waals surface area contributed by atoms with Gasteiger partial charge in [0.15, 0.2) is 0 Å². The fraction of sp³-hybridized carbons (Fsp3) is 0.500. The van der Waals surface area contributed by atoms with E-state index in [1.807, 2.05) is 21.9 Å². The summed E-state index contributed by atoms with van der Waals surface area (Å²) in [5.41, 5.74) is 3.61. The minimum atomic E-state index is 0.00820. The molecule has 3 heterocycles. The van der Waals surface area contributed by atoms with Crippen LogP contribution < -0.4 is 15.1 Å². The zero-order chi connectivity index (χ0) is 24.7. The zero-order valence-electron chi connectivity index (χ0n) is 21.1. The third kappa shape index (κ3) is 5.99. The number of fused-ring (bicyclic) bond motifs is 1. The minimum absolute atomic E-state index is 0.00820. The number of carbonyl (C=O) groups is 2. The fourth-order valence-corrected chi connectivity index (χ4v) is 5.48. The summed E-state index contributed by atoms with van der Waals surface area (Å²) in [5.74, 6) is 0.160. The quantitative estimate of drug-likeness (QED) is 0.672. The van der Waals surface area contributed by atoms with E-state index in [0.29, 0.717) is 26.2 Å². The van der Waals surface area contributed by atoms with Crippen molar-refractivity contribution in [2.24, 2.45) is 0 Å². The van der Waals surface area contributed by atoms with Gasteiger partial charge < -0.3 is 20.0 Å². The Bertz CT molecular complexity index is 1020. The second-order valence-corrected chi connectivity index (χ2v) is 9.94. The van der Waals surface area contributed by atoms with E-state index in [4.69, 9.17) is 0 Å². The van der Waals surface area contributed by atoms with Gasteiger partial charge in [-0.1, -0.05) is 36.4 Å². The molecule has 0 bridgehead atoms. The van der Waals surface area contributed by atoms with Crippen molar-refractivity contribution in [2.75, 3.05) is 88.3 Å². The average Bonchev–Trinajstić information content (AvgIpc) is 2.94. The first kappa shape index (κ1) is 24.6. The van der Waals surface area contributed by atoms with E-state index >= 15 is 0 Å². The molecule has 8 heteroatoms. The van der Waals surface area contributed by atoms with Crippen LogP contribution in [0.4, 0.5) is 16.2 Å². The maximum Gasteiger partial charge on any atom is 0.317 e. The first-order valence-corrected chi connectivity index (χ1v) is 13.3. The van der Waals surface area contributed by atoms with Crippen molar-refractivity contribution >= 4 is 23.3 Å². The predicted octanol–water partition coefficient (Wildman–Crippen LogP) is 2.12. The summed E-state index contributed by atoms with van der Waals surface area (Å²) in [4.78, 5) is 36.5. The Morgan fingerprint density at radius 1 is 0.750 bits per heavy atom. The highest BCUT2D eigenvalue weighted by molar-refractivity contribution is 5.96.